The maximum Gasteiger partial charge on any atom is 0.111 e. The number of anilines is 1. The van der Waals surface area contributed by atoms with E-state index in [0.29, 0.717) is 5.02 Å². The molecule has 0 amide bonds. The number of imidazole rings is 1. The van der Waals surface area contributed by atoms with Gasteiger partial charge in [-0.05, 0) is 53.6 Å². The molecule has 6 rings (SSSR count). The molecule has 1 aliphatic heterocycles. The highest BCUT2D eigenvalue weighted by Gasteiger charge is 2.20. The number of para-hydroxylation sites is 1. The van der Waals surface area contributed by atoms with Crippen molar-refractivity contribution in [2.24, 2.45) is 0 Å². The highest BCUT2D eigenvalue weighted by Crippen LogP contribution is 2.37. The van der Waals surface area contributed by atoms with Gasteiger partial charge in [-0.3, -0.25) is 9.55 Å². The molecule has 0 atom stereocenters. The van der Waals surface area contributed by atoms with E-state index in [4.69, 9.17) is 21.3 Å². The molecule has 1 fully saturated rings. The SMILES string of the molecule is Cc1nc2c(-c3ccsc3)cc(N3CCOCC3)cc2n1-c1ccnc2c(Cl)cccc12. The molecule has 0 bridgehead atoms. The number of aryl methyl sites for hydroxylation is 1. The summed E-state index contributed by atoms with van der Waals surface area (Å²) in [7, 11) is 0. The van der Waals surface area contributed by atoms with Crippen LogP contribution in [0.3, 0.4) is 0 Å². The molecular formula is C25H21ClN4OS. The summed E-state index contributed by atoms with van der Waals surface area (Å²) in [5, 5.41) is 5.97. The number of aromatic nitrogens is 3. The van der Waals surface area contributed by atoms with Gasteiger partial charge in [-0.25, -0.2) is 4.98 Å². The number of thiophene rings is 1. The van der Waals surface area contributed by atoms with Crippen LogP contribution in [0.1, 0.15) is 5.82 Å². The molecule has 0 spiro atoms. The minimum absolute atomic E-state index is 0.652. The lowest BCUT2D eigenvalue weighted by Crippen LogP contribution is -2.36. The van der Waals surface area contributed by atoms with Crippen LogP contribution in [0.15, 0.2) is 59.4 Å². The van der Waals surface area contributed by atoms with Gasteiger partial charge in [-0.1, -0.05) is 23.7 Å². The van der Waals surface area contributed by atoms with Crippen LogP contribution in [0.4, 0.5) is 5.69 Å². The molecule has 160 valence electrons. The predicted octanol–water partition coefficient (Wildman–Crippen LogP) is 6.10. The highest BCUT2D eigenvalue weighted by molar-refractivity contribution is 7.08. The van der Waals surface area contributed by atoms with Crippen molar-refractivity contribution in [1.29, 1.82) is 0 Å². The lowest BCUT2D eigenvalue weighted by Gasteiger charge is -2.29. The Balaban J connectivity index is 1.66. The second kappa shape index (κ2) is 7.89. The third-order valence-electron chi connectivity index (χ3n) is 6.06. The Morgan fingerprint density at radius 1 is 1.06 bits per heavy atom. The third kappa shape index (κ3) is 3.18. The normalized spacial score (nSPS) is 14.5. The second-order valence-corrected chi connectivity index (χ2v) is 9.12. The van der Waals surface area contributed by atoms with Crippen molar-refractivity contribution in [2.45, 2.75) is 6.92 Å². The maximum atomic E-state index is 6.46. The van der Waals surface area contributed by atoms with Gasteiger partial charge in [0, 0.05) is 35.9 Å². The summed E-state index contributed by atoms with van der Waals surface area (Å²) < 4.78 is 7.82. The molecular weight excluding hydrogens is 440 g/mol. The number of benzene rings is 2. The van der Waals surface area contributed by atoms with Crippen molar-refractivity contribution in [3.63, 3.8) is 0 Å². The molecule has 1 aliphatic rings. The molecule has 7 heteroatoms. The Morgan fingerprint density at radius 2 is 1.94 bits per heavy atom. The molecule has 2 aromatic carbocycles. The van der Waals surface area contributed by atoms with E-state index in [1.165, 1.54) is 11.3 Å². The first kappa shape index (κ1) is 19.7. The van der Waals surface area contributed by atoms with Gasteiger partial charge in [0.05, 0.1) is 40.5 Å². The van der Waals surface area contributed by atoms with Crippen LogP contribution in [-0.4, -0.2) is 40.8 Å². The average molecular weight is 461 g/mol. The van der Waals surface area contributed by atoms with Crippen LogP contribution >= 0.6 is 22.9 Å². The van der Waals surface area contributed by atoms with Crippen molar-refractivity contribution in [3.05, 3.63) is 70.3 Å². The fourth-order valence-corrected chi connectivity index (χ4v) is 5.42. The maximum absolute atomic E-state index is 6.46. The van der Waals surface area contributed by atoms with E-state index in [9.17, 15) is 0 Å². The second-order valence-electron chi connectivity index (χ2n) is 7.93. The number of pyridine rings is 1. The Labute approximate surface area is 194 Å². The summed E-state index contributed by atoms with van der Waals surface area (Å²) in [5.74, 6) is 0.933. The highest BCUT2D eigenvalue weighted by atomic mass is 35.5. The number of nitrogens with zero attached hydrogens (tertiary/aromatic N) is 4. The molecule has 1 saturated heterocycles. The molecule has 0 unspecified atom stereocenters. The standard InChI is InChI=1S/C25H21ClN4OS/c1-16-28-25-20(17-6-12-32-15-17)13-18(29-8-10-31-11-9-29)14-23(25)30(16)22-5-7-27-24-19(22)3-2-4-21(24)26/h2-7,12-15H,8-11H2,1H3. The van der Waals surface area contributed by atoms with Crippen molar-refractivity contribution < 1.29 is 4.74 Å². The Kier molecular flexibility index (Phi) is 4.86. The van der Waals surface area contributed by atoms with E-state index in [1.54, 1.807) is 11.3 Å². The summed E-state index contributed by atoms with van der Waals surface area (Å²) in [6.45, 7) is 5.32. The predicted molar refractivity (Wildman–Crippen MR) is 132 cm³/mol. The van der Waals surface area contributed by atoms with Crippen molar-refractivity contribution >= 4 is 50.6 Å². The minimum atomic E-state index is 0.652. The van der Waals surface area contributed by atoms with Crippen LogP contribution in [0, 0.1) is 6.92 Å². The first-order valence-corrected chi connectivity index (χ1v) is 11.9. The molecule has 0 saturated carbocycles. The minimum Gasteiger partial charge on any atom is -0.378 e. The largest absolute Gasteiger partial charge is 0.378 e. The Bertz CT molecular complexity index is 1440. The zero-order valence-corrected chi connectivity index (χ0v) is 19.2. The van der Waals surface area contributed by atoms with Gasteiger partial charge in [0.15, 0.2) is 0 Å². The lowest BCUT2D eigenvalue weighted by atomic mass is 10.1. The number of halogens is 1. The fraction of sp³-hybridized carbons (Fsp3) is 0.200. The van der Waals surface area contributed by atoms with Crippen LogP contribution in [-0.2, 0) is 4.74 Å². The zero-order chi connectivity index (χ0) is 21.7. The summed E-state index contributed by atoms with van der Waals surface area (Å²) in [6.07, 6.45) is 1.82. The van der Waals surface area contributed by atoms with E-state index < -0.39 is 0 Å². The molecule has 3 aromatic heterocycles. The van der Waals surface area contributed by atoms with Crippen molar-refractivity contribution in [1.82, 2.24) is 14.5 Å². The average Bonchev–Trinajstić information content (AvgIpc) is 3.47. The summed E-state index contributed by atoms with van der Waals surface area (Å²) in [6, 6.07) is 14.7. The van der Waals surface area contributed by atoms with Crippen LogP contribution < -0.4 is 4.90 Å². The van der Waals surface area contributed by atoms with Gasteiger partial charge < -0.3 is 9.64 Å². The molecule has 5 aromatic rings. The van der Waals surface area contributed by atoms with Crippen LogP contribution in [0.25, 0.3) is 38.8 Å². The molecule has 32 heavy (non-hydrogen) atoms. The Hall–Kier alpha value is -2.93. The molecule has 5 nitrogen and oxygen atoms in total. The summed E-state index contributed by atoms with van der Waals surface area (Å²) >= 11 is 8.17. The number of hydrogen-bond acceptors (Lipinski definition) is 5. The van der Waals surface area contributed by atoms with Gasteiger partial charge in [0.1, 0.15) is 5.82 Å². The third-order valence-corrected chi connectivity index (χ3v) is 7.05. The number of rotatable bonds is 3. The van der Waals surface area contributed by atoms with E-state index in [0.717, 1.165) is 65.3 Å². The van der Waals surface area contributed by atoms with Crippen molar-refractivity contribution in [3.8, 4) is 16.8 Å². The first-order chi connectivity index (χ1) is 15.7. The van der Waals surface area contributed by atoms with E-state index in [-0.39, 0.29) is 0 Å². The summed E-state index contributed by atoms with van der Waals surface area (Å²) in [5.41, 5.74) is 7.47. The van der Waals surface area contributed by atoms with Crippen LogP contribution in [0.5, 0.6) is 0 Å². The number of hydrogen-bond donors (Lipinski definition) is 0. The van der Waals surface area contributed by atoms with Gasteiger partial charge in [-0.15, -0.1) is 0 Å². The van der Waals surface area contributed by atoms with Gasteiger partial charge in [0.2, 0.25) is 0 Å². The topological polar surface area (TPSA) is 43.2 Å². The van der Waals surface area contributed by atoms with Gasteiger partial charge in [-0.2, -0.15) is 11.3 Å². The Morgan fingerprint density at radius 3 is 2.75 bits per heavy atom. The number of fused-ring (bicyclic) bond motifs is 2. The number of morpholine rings is 1. The first-order valence-electron chi connectivity index (χ1n) is 10.6. The smallest absolute Gasteiger partial charge is 0.111 e. The summed E-state index contributed by atoms with van der Waals surface area (Å²) in [4.78, 5) is 12.0. The fourth-order valence-electron chi connectivity index (χ4n) is 4.54. The molecule has 0 N–H and O–H groups in total. The molecule has 4 heterocycles. The molecule has 0 radical (unpaired) electrons. The quantitative estimate of drug-likeness (QED) is 0.326. The van der Waals surface area contributed by atoms with Crippen LogP contribution in [0.2, 0.25) is 5.02 Å². The van der Waals surface area contributed by atoms with Crippen molar-refractivity contribution in [2.75, 3.05) is 31.2 Å². The van der Waals surface area contributed by atoms with Gasteiger partial charge >= 0.3 is 0 Å². The number of ether oxygens (including phenoxy) is 1. The van der Waals surface area contributed by atoms with E-state index in [1.807, 2.05) is 24.4 Å². The van der Waals surface area contributed by atoms with E-state index in [2.05, 4.69) is 56.4 Å². The zero-order valence-electron chi connectivity index (χ0n) is 17.6. The van der Waals surface area contributed by atoms with E-state index >= 15 is 0 Å². The van der Waals surface area contributed by atoms with Gasteiger partial charge in [0.25, 0.3) is 0 Å². The monoisotopic (exact) mass is 460 g/mol. The lowest BCUT2D eigenvalue weighted by molar-refractivity contribution is 0.122. The molecule has 0 aliphatic carbocycles.